The largest absolute Gasteiger partial charge is 0.192 e. The maximum absolute atomic E-state index is 8.75. The molecular weight excluding hydrogens is 182 g/mol. The van der Waals surface area contributed by atoms with Gasteiger partial charge in [0.05, 0.1) is 11.6 Å². The second-order valence-electron chi connectivity index (χ2n) is 3.00. The molecule has 0 unspecified atom stereocenters. The number of benzene rings is 1. The Labute approximate surface area is 90.7 Å². The summed E-state index contributed by atoms with van der Waals surface area (Å²) in [4.78, 5) is 0. The quantitative estimate of drug-likeness (QED) is 0.532. The number of nitrogens with zero attached hydrogens (tertiary/aromatic N) is 1. The molecule has 74 valence electrons. The topological polar surface area (TPSA) is 23.8 Å². The maximum atomic E-state index is 8.75. The number of rotatable bonds is 3. The summed E-state index contributed by atoms with van der Waals surface area (Å²) in [6, 6.07) is 12.1. The van der Waals surface area contributed by atoms with E-state index in [9.17, 15) is 0 Å². The van der Waals surface area contributed by atoms with E-state index in [2.05, 4.69) is 6.07 Å². The molecule has 0 saturated heterocycles. The number of hydrogen-bond donors (Lipinski definition) is 0. The Bertz CT molecular complexity index is 416. The Balaban J connectivity index is 2.71. The first-order chi connectivity index (χ1) is 7.36. The zero-order chi connectivity index (χ0) is 10.9. The Hall–Kier alpha value is -2.07. The van der Waals surface area contributed by atoms with Crippen molar-refractivity contribution in [3.05, 3.63) is 65.8 Å². The van der Waals surface area contributed by atoms with Crippen LogP contribution in [0.5, 0.6) is 0 Å². The van der Waals surface area contributed by atoms with Crippen LogP contribution in [0.15, 0.2) is 60.2 Å². The number of hydrogen-bond acceptors (Lipinski definition) is 1. The van der Waals surface area contributed by atoms with Crippen LogP contribution < -0.4 is 0 Å². The molecule has 0 atom stereocenters. The molecule has 15 heavy (non-hydrogen) atoms. The number of allylic oxidation sites excluding steroid dienone is 5. The highest BCUT2D eigenvalue weighted by atomic mass is 14.2. The molecule has 0 fully saturated rings. The summed E-state index contributed by atoms with van der Waals surface area (Å²) in [5, 5.41) is 8.75. The lowest BCUT2D eigenvalue weighted by molar-refractivity contribution is 1.49. The van der Waals surface area contributed by atoms with Crippen LogP contribution in [0.3, 0.4) is 0 Å². The van der Waals surface area contributed by atoms with Gasteiger partial charge in [0.15, 0.2) is 0 Å². The minimum Gasteiger partial charge on any atom is -0.192 e. The standard InChI is InChI=1S/C14H13N/c1-2-7-14(12-15)11-6-10-13-8-4-3-5-9-13/h2-11H,1H3/b7-2-,10-6+,14-11+. The highest BCUT2D eigenvalue weighted by molar-refractivity contribution is 5.52. The second-order valence-corrected chi connectivity index (χ2v) is 3.00. The fourth-order valence-corrected chi connectivity index (χ4v) is 1.14. The molecular formula is C14H13N. The lowest BCUT2D eigenvalue weighted by Gasteiger charge is -1.89. The van der Waals surface area contributed by atoms with Crippen molar-refractivity contribution in [2.24, 2.45) is 0 Å². The first-order valence-electron chi connectivity index (χ1n) is 4.83. The fraction of sp³-hybridized carbons (Fsp3) is 0.0714. The van der Waals surface area contributed by atoms with Crippen molar-refractivity contribution >= 4 is 6.08 Å². The van der Waals surface area contributed by atoms with E-state index in [1.54, 1.807) is 12.2 Å². The van der Waals surface area contributed by atoms with Crippen molar-refractivity contribution < 1.29 is 0 Å². The third kappa shape index (κ3) is 4.10. The van der Waals surface area contributed by atoms with E-state index < -0.39 is 0 Å². The van der Waals surface area contributed by atoms with E-state index in [0.717, 1.165) is 5.56 Å². The lowest BCUT2D eigenvalue weighted by atomic mass is 10.2. The zero-order valence-electron chi connectivity index (χ0n) is 8.72. The summed E-state index contributed by atoms with van der Waals surface area (Å²) < 4.78 is 0. The zero-order valence-corrected chi connectivity index (χ0v) is 8.72. The molecule has 1 aromatic rings. The van der Waals surface area contributed by atoms with Crippen LogP contribution >= 0.6 is 0 Å². The first-order valence-corrected chi connectivity index (χ1v) is 4.83. The minimum absolute atomic E-state index is 0.657. The Morgan fingerprint density at radius 3 is 2.60 bits per heavy atom. The van der Waals surface area contributed by atoms with Gasteiger partial charge in [-0.3, -0.25) is 0 Å². The molecule has 0 aliphatic carbocycles. The molecule has 1 heteroatoms. The Kier molecular flexibility index (Phi) is 4.69. The van der Waals surface area contributed by atoms with Gasteiger partial charge in [-0.1, -0.05) is 48.6 Å². The first kappa shape index (κ1) is 11.0. The normalized spacial score (nSPS) is 12.1. The second kappa shape index (κ2) is 6.39. The van der Waals surface area contributed by atoms with Gasteiger partial charge in [-0.25, -0.2) is 0 Å². The average molecular weight is 195 g/mol. The van der Waals surface area contributed by atoms with Gasteiger partial charge in [-0.05, 0) is 24.6 Å². The summed E-state index contributed by atoms with van der Waals surface area (Å²) >= 11 is 0. The lowest BCUT2D eigenvalue weighted by Crippen LogP contribution is -1.70. The van der Waals surface area contributed by atoms with Gasteiger partial charge in [-0.2, -0.15) is 5.26 Å². The van der Waals surface area contributed by atoms with E-state index in [1.165, 1.54) is 0 Å². The molecule has 0 aromatic heterocycles. The molecule has 1 aromatic carbocycles. The summed E-state index contributed by atoms with van der Waals surface area (Å²) in [5.41, 5.74) is 1.79. The van der Waals surface area contributed by atoms with Crippen molar-refractivity contribution in [1.82, 2.24) is 0 Å². The molecule has 0 aliphatic rings. The van der Waals surface area contributed by atoms with Crippen LogP contribution in [0.4, 0.5) is 0 Å². The van der Waals surface area contributed by atoms with Crippen molar-refractivity contribution in [3.8, 4) is 6.07 Å². The van der Waals surface area contributed by atoms with Crippen molar-refractivity contribution in [3.63, 3.8) is 0 Å². The third-order valence-electron chi connectivity index (χ3n) is 1.84. The predicted octanol–water partition coefficient (Wildman–Crippen LogP) is 3.73. The van der Waals surface area contributed by atoms with E-state index in [0.29, 0.717) is 5.57 Å². The highest BCUT2D eigenvalue weighted by Gasteiger charge is 1.84. The van der Waals surface area contributed by atoms with Crippen LogP contribution in [-0.2, 0) is 0 Å². The van der Waals surface area contributed by atoms with Gasteiger partial charge in [0.2, 0.25) is 0 Å². The van der Waals surface area contributed by atoms with Crippen molar-refractivity contribution in [1.29, 1.82) is 5.26 Å². The SMILES string of the molecule is C\C=C/C(C#N)=C\C=C\c1ccccc1. The molecule has 0 saturated carbocycles. The Morgan fingerprint density at radius 2 is 2.00 bits per heavy atom. The molecule has 0 aliphatic heterocycles. The molecule has 0 heterocycles. The molecule has 1 nitrogen and oxygen atoms in total. The molecule has 0 spiro atoms. The average Bonchev–Trinajstić information content (AvgIpc) is 2.29. The van der Waals surface area contributed by atoms with Crippen LogP contribution in [0.25, 0.3) is 6.08 Å². The van der Waals surface area contributed by atoms with Crippen molar-refractivity contribution in [2.75, 3.05) is 0 Å². The van der Waals surface area contributed by atoms with E-state index >= 15 is 0 Å². The minimum atomic E-state index is 0.657. The van der Waals surface area contributed by atoms with Gasteiger partial charge in [0.25, 0.3) is 0 Å². The third-order valence-corrected chi connectivity index (χ3v) is 1.84. The summed E-state index contributed by atoms with van der Waals surface area (Å²) in [7, 11) is 0. The van der Waals surface area contributed by atoms with Crippen LogP contribution in [0, 0.1) is 11.3 Å². The van der Waals surface area contributed by atoms with Crippen LogP contribution in [0.1, 0.15) is 12.5 Å². The molecule has 0 N–H and O–H groups in total. The Morgan fingerprint density at radius 1 is 1.27 bits per heavy atom. The van der Waals surface area contributed by atoms with Gasteiger partial charge in [-0.15, -0.1) is 0 Å². The molecule has 0 amide bonds. The van der Waals surface area contributed by atoms with Crippen LogP contribution in [-0.4, -0.2) is 0 Å². The van der Waals surface area contributed by atoms with Gasteiger partial charge >= 0.3 is 0 Å². The van der Waals surface area contributed by atoms with Crippen molar-refractivity contribution in [2.45, 2.75) is 6.92 Å². The summed E-state index contributed by atoms with van der Waals surface area (Å²) in [5.74, 6) is 0. The molecule has 0 bridgehead atoms. The number of nitriles is 1. The van der Waals surface area contributed by atoms with E-state index in [-0.39, 0.29) is 0 Å². The van der Waals surface area contributed by atoms with Gasteiger partial charge in [0.1, 0.15) is 0 Å². The summed E-state index contributed by atoms with van der Waals surface area (Å²) in [6.45, 7) is 1.89. The molecule has 0 radical (unpaired) electrons. The fourth-order valence-electron chi connectivity index (χ4n) is 1.14. The smallest absolute Gasteiger partial charge is 0.0991 e. The maximum Gasteiger partial charge on any atom is 0.0991 e. The van der Waals surface area contributed by atoms with Gasteiger partial charge < -0.3 is 0 Å². The van der Waals surface area contributed by atoms with E-state index in [4.69, 9.17) is 5.26 Å². The van der Waals surface area contributed by atoms with E-state index in [1.807, 2.05) is 55.5 Å². The summed E-state index contributed by atoms with van der Waals surface area (Å²) in [6.07, 6.45) is 9.29. The van der Waals surface area contributed by atoms with Gasteiger partial charge in [0, 0.05) is 0 Å². The predicted molar refractivity (Wildman–Crippen MR) is 64.0 cm³/mol. The monoisotopic (exact) mass is 195 g/mol. The molecule has 1 rings (SSSR count). The highest BCUT2D eigenvalue weighted by Crippen LogP contribution is 2.02. The van der Waals surface area contributed by atoms with Crippen LogP contribution in [0.2, 0.25) is 0 Å².